The SMILES string of the molecule is COc1ccc(N(C(=O)c2ccccc2)S(=O)(=O)c2ccc(OC)c(OC)c2)cc1. The van der Waals surface area contributed by atoms with Crippen LogP contribution in [0, 0.1) is 0 Å². The first-order valence-electron chi connectivity index (χ1n) is 8.93. The molecule has 0 aliphatic carbocycles. The number of carbonyl (C=O) groups excluding carboxylic acids is 1. The number of sulfonamides is 1. The summed E-state index contributed by atoms with van der Waals surface area (Å²) in [5, 5.41) is 0. The van der Waals surface area contributed by atoms with Crippen LogP contribution in [0.25, 0.3) is 0 Å². The van der Waals surface area contributed by atoms with Crippen molar-refractivity contribution < 1.29 is 27.4 Å². The minimum atomic E-state index is -4.27. The van der Waals surface area contributed by atoms with E-state index in [9.17, 15) is 13.2 Å². The normalized spacial score (nSPS) is 10.9. The van der Waals surface area contributed by atoms with Gasteiger partial charge < -0.3 is 14.2 Å². The number of amides is 1. The molecular weight excluding hydrogens is 406 g/mol. The lowest BCUT2D eigenvalue weighted by Gasteiger charge is -2.23. The highest BCUT2D eigenvalue weighted by Crippen LogP contribution is 2.33. The summed E-state index contributed by atoms with van der Waals surface area (Å²) in [5.41, 5.74) is 0.414. The molecular formula is C22H21NO6S. The predicted octanol–water partition coefficient (Wildman–Crippen LogP) is 3.75. The molecule has 0 N–H and O–H groups in total. The zero-order chi connectivity index (χ0) is 21.7. The van der Waals surface area contributed by atoms with Crippen molar-refractivity contribution in [3.63, 3.8) is 0 Å². The Morgan fingerprint density at radius 2 is 1.40 bits per heavy atom. The Hall–Kier alpha value is -3.52. The van der Waals surface area contributed by atoms with Crippen molar-refractivity contribution in [3.05, 3.63) is 78.4 Å². The fourth-order valence-corrected chi connectivity index (χ4v) is 4.29. The highest BCUT2D eigenvalue weighted by Gasteiger charge is 2.32. The van der Waals surface area contributed by atoms with Gasteiger partial charge in [-0.3, -0.25) is 4.79 Å². The van der Waals surface area contributed by atoms with Gasteiger partial charge >= 0.3 is 0 Å². The van der Waals surface area contributed by atoms with Crippen molar-refractivity contribution in [2.75, 3.05) is 25.6 Å². The fourth-order valence-electron chi connectivity index (χ4n) is 2.86. The van der Waals surface area contributed by atoms with E-state index in [2.05, 4.69) is 0 Å². The minimum Gasteiger partial charge on any atom is -0.497 e. The van der Waals surface area contributed by atoms with Gasteiger partial charge in [0.1, 0.15) is 5.75 Å². The lowest BCUT2D eigenvalue weighted by atomic mass is 10.2. The van der Waals surface area contributed by atoms with Gasteiger partial charge in [0, 0.05) is 11.6 Å². The summed E-state index contributed by atoms with van der Waals surface area (Å²) in [6.07, 6.45) is 0. The largest absolute Gasteiger partial charge is 0.497 e. The highest BCUT2D eigenvalue weighted by atomic mass is 32.2. The Morgan fingerprint density at radius 3 is 1.97 bits per heavy atom. The monoisotopic (exact) mass is 427 g/mol. The number of anilines is 1. The van der Waals surface area contributed by atoms with Crippen molar-refractivity contribution >= 4 is 21.6 Å². The minimum absolute atomic E-state index is 0.111. The first-order chi connectivity index (χ1) is 14.4. The summed E-state index contributed by atoms with van der Waals surface area (Å²) in [5.74, 6) is 0.465. The molecule has 0 saturated carbocycles. The van der Waals surface area contributed by atoms with Gasteiger partial charge in [-0.2, -0.15) is 4.31 Å². The van der Waals surface area contributed by atoms with Crippen LogP contribution in [0.15, 0.2) is 77.7 Å². The van der Waals surface area contributed by atoms with Crippen LogP contribution < -0.4 is 18.5 Å². The summed E-state index contributed by atoms with van der Waals surface area (Å²) in [4.78, 5) is 13.1. The van der Waals surface area contributed by atoms with Crippen LogP contribution in [-0.2, 0) is 10.0 Å². The van der Waals surface area contributed by atoms with Crippen molar-refractivity contribution in [1.29, 1.82) is 0 Å². The maximum absolute atomic E-state index is 13.5. The van der Waals surface area contributed by atoms with E-state index < -0.39 is 15.9 Å². The molecule has 0 radical (unpaired) electrons. The summed E-state index contributed by atoms with van der Waals surface area (Å²) in [6.45, 7) is 0. The van der Waals surface area contributed by atoms with Crippen LogP contribution in [0.4, 0.5) is 5.69 Å². The molecule has 0 aromatic heterocycles. The number of nitrogens with zero attached hydrogens (tertiary/aromatic N) is 1. The third kappa shape index (κ3) is 4.08. The lowest BCUT2D eigenvalue weighted by molar-refractivity contribution is 0.101. The zero-order valence-corrected chi connectivity index (χ0v) is 17.5. The van der Waals surface area contributed by atoms with Gasteiger partial charge in [0.05, 0.1) is 31.9 Å². The molecule has 0 aliphatic heterocycles. The van der Waals surface area contributed by atoms with Crippen LogP contribution in [0.1, 0.15) is 10.4 Å². The number of benzene rings is 3. The third-order valence-corrected chi connectivity index (χ3v) is 6.11. The first kappa shape index (κ1) is 21.2. The maximum atomic E-state index is 13.5. The smallest absolute Gasteiger partial charge is 0.272 e. The van der Waals surface area contributed by atoms with E-state index in [0.29, 0.717) is 11.5 Å². The molecule has 3 aromatic rings. The standard InChI is InChI=1S/C22H21NO6S/c1-27-18-11-9-17(10-12-18)23(22(24)16-7-5-4-6-8-16)30(25,26)19-13-14-20(28-2)21(15-19)29-3/h4-15H,1-3H3. The number of carbonyl (C=O) groups is 1. The molecule has 30 heavy (non-hydrogen) atoms. The molecule has 3 rings (SSSR count). The Balaban J connectivity index is 2.16. The van der Waals surface area contributed by atoms with Crippen LogP contribution in [0.3, 0.4) is 0 Å². The van der Waals surface area contributed by atoms with Crippen molar-refractivity contribution in [1.82, 2.24) is 0 Å². The van der Waals surface area contributed by atoms with Crippen LogP contribution in [0.5, 0.6) is 17.2 Å². The first-order valence-corrected chi connectivity index (χ1v) is 10.4. The average molecular weight is 427 g/mol. The quantitative estimate of drug-likeness (QED) is 0.571. The number of ether oxygens (including phenoxy) is 3. The van der Waals surface area contributed by atoms with Crippen molar-refractivity contribution in [3.8, 4) is 17.2 Å². The average Bonchev–Trinajstić information content (AvgIpc) is 2.79. The van der Waals surface area contributed by atoms with Gasteiger partial charge in [0.2, 0.25) is 0 Å². The molecule has 0 atom stereocenters. The Labute approximate surface area is 175 Å². The number of hydrogen-bond donors (Lipinski definition) is 0. The van der Waals surface area contributed by atoms with Crippen LogP contribution >= 0.6 is 0 Å². The van der Waals surface area contributed by atoms with E-state index in [4.69, 9.17) is 14.2 Å². The van der Waals surface area contributed by atoms with E-state index >= 15 is 0 Å². The molecule has 8 heteroatoms. The second kappa shape index (κ2) is 8.87. The van der Waals surface area contributed by atoms with E-state index in [-0.39, 0.29) is 21.9 Å². The predicted molar refractivity (Wildman–Crippen MR) is 113 cm³/mol. The van der Waals surface area contributed by atoms with Gasteiger partial charge in [0.15, 0.2) is 11.5 Å². The van der Waals surface area contributed by atoms with Gasteiger partial charge in [0.25, 0.3) is 15.9 Å². The highest BCUT2D eigenvalue weighted by molar-refractivity contribution is 7.93. The van der Waals surface area contributed by atoms with Gasteiger partial charge in [-0.25, -0.2) is 8.42 Å². The molecule has 0 fully saturated rings. The Bertz CT molecular complexity index is 1130. The van der Waals surface area contributed by atoms with Gasteiger partial charge in [-0.1, -0.05) is 18.2 Å². The third-order valence-electron chi connectivity index (χ3n) is 4.41. The van der Waals surface area contributed by atoms with Gasteiger partial charge in [-0.15, -0.1) is 0 Å². The number of rotatable bonds is 7. The van der Waals surface area contributed by atoms with E-state index in [1.54, 1.807) is 42.5 Å². The number of methoxy groups -OCH3 is 3. The molecule has 156 valence electrons. The van der Waals surface area contributed by atoms with Crippen LogP contribution in [-0.4, -0.2) is 35.7 Å². The van der Waals surface area contributed by atoms with E-state index in [0.717, 1.165) is 4.31 Å². The van der Waals surface area contributed by atoms with Crippen LogP contribution in [0.2, 0.25) is 0 Å². The molecule has 0 heterocycles. The van der Waals surface area contributed by atoms with Gasteiger partial charge in [-0.05, 0) is 48.5 Å². The molecule has 0 saturated heterocycles. The summed E-state index contributed by atoms with van der Waals surface area (Å²) < 4.78 is 43.4. The molecule has 0 aliphatic rings. The number of hydrogen-bond acceptors (Lipinski definition) is 6. The topological polar surface area (TPSA) is 82.1 Å². The molecule has 3 aromatic carbocycles. The molecule has 1 amide bonds. The molecule has 7 nitrogen and oxygen atoms in total. The summed E-state index contributed by atoms with van der Waals surface area (Å²) >= 11 is 0. The summed E-state index contributed by atoms with van der Waals surface area (Å²) in [6, 6.07) is 18.6. The van der Waals surface area contributed by atoms with E-state index in [1.165, 1.54) is 51.7 Å². The summed E-state index contributed by atoms with van der Waals surface area (Å²) in [7, 11) is 0.0914. The second-order valence-corrected chi connectivity index (χ2v) is 7.94. The molecule has 0 spiro atoms. The Kier molecular flexibility index (Phi) is 6.27. The fraction of sp³-hybridized carbons (Fsp3) is 0.136. The molecule has 0 bridgehead atoms. The Morgan fingerprint density at radius 1 is 0.767 bits per heavy atom. The van der Waals surface area contributed by atoms with E-state index in [1.807, 2.05) is 0 Å². The maximum Gasteiger partial charge on any atom is 0.272 e. The second-order valence-electron chi connectivity index (χ2n) is 6.16. The molecule has 0 unspecified atom stereocenters. The zero-order valence-electron chi connectivity index (χ0n) is 16.7. The van der Waals surface area contributed by atoms with Crippen molar-refractivity contribution in [2.24, 2.45) is 0 Å². The lowest BCUT2D eigenvalue weighted by Crippen LogP contribution is -2.37. The van der Waals surface area contributed by atoms with Crippen molar-refractivity contribution in [2.45, 2.75) is 4.90 Å².